The Morgan fingerprint density at radius 3 is 2.72 bits per heavy atom. The molecule has 0 aliphatic carbocycles. The van der Waals surface area contributed by atoms with Crippen LogP contribution < -0.4 is 10.5 Å². The molecule has 1 aliphatic rings. The van der Waals surface area contributed by atoms with Crippen molar-refractivity contribution in [2.24, 2.45) is 5.73 Å². The molecular weight excluding hydrogens is 226 g/mol. The smallest absolute Gasteiger partial charge is 0.123 e. The average Bonchev–Trinajstić information content (AvgIpc) is 2.81. The van der Waals surface area contributed by atoms with E-state index in [-0.39, 0.29) is 5.84 Å². The molecule has 1 aliphatic heterocycles. The van der Waals surface area contributed by atoms with Crippen molar-refractivity contribution in [3.8, 4) is 5.75 Å². The standard InChI is InChI=1S/C14H21N3O/c1-11-10-12(4-5-13(11)14(15)16)18-9-8-17-6-2-3-7-17/h4-5,10H,2-3,6-9H2,1H3,(H3,15,16). The largest absolute Gasteiger partial charge is 0.492 e. The van der Waals surface area contributed by atoms with E-state index in [2.05, 4.69) is 4.90 Å². The van der Waals surface area contributed by atoms with Crippen molar-refractivity contribution in [2.75, 3.05) is 26.2 Å². The lowest BCUT2D eigenvalue weighted by molar-refractivity contribution is 0.237. The number of ether oxygens (including phenoxy) is 1. The van der Waals surface area contributed by atoms with E-state index >= 15 is 0 Å². The van der Waals surface area contributed by atoms with Gasteiger partial charge in [0.25, 0.3) is 0 Å². The molecule has 0 spiro atoms. The Hall–Kier alpha value is -1.55. The minimum Gasteiger partial charge on any atom is -0.492 e. The number of aryl methyl sites for hydroxylation is 1. The molecule has 0 aromatic heterocycles. The maximum Gasteiger partial charge on any atom is 0.123 e. The van der Waals surface area contributed by atoms with E-state index in [0.717, 1.165) is 30.0 Å². The fraction of sp³-hybridized carbons (Fsp3) is 0.500. The summed E-state index contributed by atoms with van der Waals surface area (Å²) in [5.41, 5.74) is 7.25. The van der Waals surface area contributed by atoms with Gasteiger partial charge in [-0.2, -0.15) is 0 Å². The highest BCUT2D eigenvalue weighted by molar-refractivity contribution is 5.96. The topological polar surface area (TPSA) is 62.3 Å². The average molecular weight is 247 g/mol. The van der Waals surface area contributed by atoms with Gasteiger partial charge >= 0.3 is 0 Å². The summed E-state index contributed by atoms with van der Waals surface area (Å²) in [6.07, 6.45) is 2.62. The lowest BCUT2D eigenvalue weighted by Gasteiger charge is -2.15. The van der Waals surface area contributed by atoms with E-state index < -0.39 is 0 Å². The van der Waals surface area contributed by atoms with Crippen molar-refractivity contribution in [2.45, 2.75) is 19.8 Å². The third-order valence-corrected chi connectivity index (χ3v) is 3.36. The molecule has 1 fully saturated rings. The van der Waals surface area contributed by atoms with Gasteiger partial charge in [-0.1, -0.05) is 0 Å². The zero-order valence-corrected chi connectivity index (χ0v) is 10.9. The lowest BCUT2D eigenvalue weighted by atomic mass is 10.1. The molecule has 0 atom stereocenters. The third kappa shape index (κ3) is 3.23. The quantitative estimate of drug-likeness (QED) is 0.615. The van der Waals surface area contributed by atoms with Gasteiger partial charge in [0.2, 0.25) is 0 Å². The lowest BCUT2D eigenvalue weighted by Crippen LogP contribution is -2.25. The first kappa shape index (κ1) is 12.9. The molecule has 1 heterocycles. The van der Waals surface area contributed by atoms with Gasteiger partial charge in [0.05, 0.1) is 0 Å². The number of hydrogen-bond donors (Lipinski definition) is 2. The molecule has 0 bridgehead atoms. The van der Waals surface area contributed by atoms with Crippen molar-refractivity contribution in [3.63, 3.8) is 0 Å². The fourth-order valence-corrected chi connectivity index (χ4v) is 2.33. The van der Waals surface area contributed by atoms with Gasteiger partial charge in [-0.15, -0.1) is 0 Å². The summed E-state index contributed by atoms with van der Waals surface area (Å²) < 4.78 is 5.73. The van der Waals surface area contributed by atoms with Crippen molar-refractivity contribution in [3.05, 3.63) is 29.3 Å². The van der Waals surface area contributed by atoms with Crippen LogP contribution in [0.5, 0.6) is 5.75 Å². The number of likely N-dealkylation sites (tertiary alicyclic amines) is 1. The Bertz CT molecular complexity index is 425. The van der Waals surface area contributed by atoms with Gasteiger partial charge in [-0.25, -0.2) is 0 Å². The minimum absolute atomic E-state index is 0.108. The van der Waals surface area contributed by atoms with Crippen LogP contribution in [0.15, 0.2) is 18.2 Å². The number of benzene rings is 1. The van der Waals surface area contributed by atoms with Gasteiger partial charge in [0.15, 0.2) is 0 Å². The summed E-state index contributed by atoms with van der Waals surface area (Å²) >= 11 is 0. The monoisotopic (exact) mass is 247 g/mol. The summed E-state index contributed by atoms with van der Waals surface area (Å²) in [6.45, 7) is 6.06. The first-order valence-electron chi connectivity index (χ1n) is 6.47. The van der Waals surface area contributed by atoms with Gasteiger partial charge in [-0.3, -0.25) is 10.3 Å². The second-order valence-corrected chi connectivity index (χ2v) is 4.79. The van der Waals surface area contributed by atoms with Crippen LogP contribution in [0.4, 0.5) is 0 Å². The molecular formula is C14H21N3O. The number of amidine groups is 1. The summed E-state index contributed by atoms with van der Waals surface area (Å²) in [5, 5.41) is 7.43. The van der Waals surface area contributed by atoms with Crippen molar-refractivity contribution < 1.29 is 4.74 Å². The molecule has 1 aromatic rings. The molecule has 0 amide bonds. The van der Waals surface area contributed by atoms with Gasteiger partial charge in [0.1, 0.15) is 18.2 Å². The summed E-state index contributed by atoms with van der Waals surface area (Å²) in [4.78, 5) is 2.43. The molecule has 0 radical (unpaired) electrons. The van der Waals surface area contributed by atoms with Crippen LogP contribution in [-0.2, 0) is 0 Å². The van der Waals surface area contributed by atoms with Crippen LogP contribution in [0.2, 0.25) is 0 Å². The number of hydrogen-bond acceptors (Lipinski definition) is 3. The molecule has 2 rings (SSSR count). The maximum atomic E-state index is 7.43. The second kappa shape index (κ2) is 5.87. The number of nitrogens with zero attached hydrogens (tertiary/aromatic N) is 1. The number of nitrogens with two attached hydrogens (primary N) is 1. The van der Waals surface area contributed by atoms with E-state index in [0.29, 0.717) is 0 Å². The van der Waals surface area contributed by atoms with Crippen LogP contribution in [0.25, 0.3) is 0 Å². The van der Waals surface area contributed by atoms with Gasteiger partial charge in [0, 0.05) is 12.1 Å². The maximum absolute atomic E-state index is 7.43. The minimum atomic E-state index is 0.108. The predicted molar refractivity (Wildman–Crippen MR) is 73.4 cm³/mol. The molecule has 98 valence electrons. The number of rotatable bonds is 5. The van der Waals surface area contributed by atoms with Crippen molar-refractivity contribution in [1.29, 1.82) is 5.41 Å². The number of nitrogen functional groups attached to an aromatic ring is 1. The molecule has 1 aromatic carbocycles. The molecule has 0 unspecified atom stereocenters. The fourth-order valence-electron chi connectivity index (χ4n) is 2.33. The first-order valence-corrected chi connectivity index (χ1v) is 6.47. The molecule has 4 heteroatoms. The van der Waals surface area contributed by atoms with Crippen molar-refractivity contribution >= 4 is 5.84 Å². The summed E-state index contributed by atoms with van der Waals surface area (Å²) in [6, 6.07) is 5.68. The Kier molecular flexibility index (Phi) is 4.20. The van der Waals surface area contributed by atoms with E-state index in [1.54, 1.807) is 0 Å². The Labute approximate surface area is 108 Å². The Morgan fingerprint density at radius 2 is 2.11 bits per heavy atom. The van der Waals surface area contributed by atoms with E-state index in [1.165, 1.54) is 25.9 Å². The highest BCUT2D eigenvalue weighted by Crippen LogP contribution is 2.17. The summed E-state index contributed by atoms with van der Waals surface area (Å²) in [5.74, 6) is 0.966. The van der Waals surface area contributed by atoms with E-state index in [9.17, 15) is 0 Å². The predicted octanol–water partition coefficient (Wildman–Crippen LogP) is 1.75. The second-order valence-electron chi connectivity index (χ2n) is 4.79. The Balaban J connectivity index is 1.85. The van der Waals surface area contributed by atoms with Crippen LogP contribution in [0.3, 0.4) is 0 Å². The highest BCUT2D eigenvalue weighted by atomic mass is 16.5. The van der Waals surface area contributed by atoms with Crippen LogP contribution in [-0.4, -0.2) is 37.0 Å². The summed E-state index contributed by atoms with van der Waals surface area (Å²) in [7, 11) is 0. The first-order chi connectivity index (χ1) is 8.66. The molecule has 0 saturated carbocycles. The third-order valence-electron chi connectivity index (χ3n) is 3.36. The van der Waals surface area contributed by atoms with Crippen LogP contribution >= 0.6 is 0 Å². The van der Waals surface area contributed by atoms with E-state index in [1.807, 2.05) is 25.1 Å². The highest BCUT2D eigenvalue weighted by Gasteiger charge is 2.11. The van der Waals surface area contributed by atoms with Gasteiger partial charge in [-0.05, 0) is 56.6 Å². The van der Waals surface area contributed by atoms with Crippen LogP contribution in [0.1, 0.15) is 24.0 Å². The Morgan fingerprint density at radius 1 is 1.39 bits per heavy atom. The van der Waals surface area contributed by atoms with E-state index in [4.69, 9.17) is 15.9 Å². The molecule has 4 nitrogen and oxygen atoms in total. The molecule has 18 heavy (non-hydrogen) atoms. The number of nitrogens with one attached hydrogen (secondary N) is 1. The molecule has 1 saturated heterocycles. The zero-order chi connectivity index (χ0) is 13.0. The zero-order valence-electron chi connectivity index (χ0n) is 10.9. The van der Waals surface area contributed by atoms with Gasteiger partial charge < -0.3 is 10.5 Å². The molecule has 3 N–H and O–H groups in total. The van der Waals surface area contributed by atoms with Crippen molar-refractivity contribution in [1.82, 2.24) is 4.90 Å². The normalized spacial score (nSPS) is 15.8. The SMILES string of the molecule is Cc1cc(OCCN2CCCC2)ccc1C(=N)N. The van der Waals surface area contributed by atoms with Crippen LogP contribution in [0, 0.1) is 12.3 Å².